The standard InChI is InChI=1S/C11H19N/c1-3-9-4-2-8-12-10(9)11(5-1)6-7-11/h9-10,12H,1-8H2. The summed E-state index contributed by atoms with van der Waals surface area (Å²) in [6.45, 7) is 1.29. The molecule has 0 aromatic carbocycles. The molecule has 2 saturated carbocycles. The molecule has 1 N–H and O–H groups in total. The highest BCUT2D eigenvalue weighted by Crippen LogP contribution is 2.58. The maximum absolute atomic E-state index is 3.77. The van der Waals surface area contributed by atoms with Crippen LogP contribution in [0.4, 0.5) is 0 Å². The van der Waals surface area contributed by atoms with Crippen molar-refractivity contribution >= 4 is 0 Å². The molecule has 0 aromatic rings. The molecule has 0 radical (unpaired) electrons. The SMILES string of the molecule is C1CNC2C(C1)CCCC21CC1. The molecule has 1 heterocycles. The Hall–Kier alpha value is -0.0400. The van der Waals surface area contributed by atoms with Gasteiger partial charge in [-0.3, -0.25) is 0 Å². The van der Waals surface area contributed by atoms with Gasteiger partial charge in [0.15, 0.2) is 0 Å². The van der Waals surface area contributed by atoms with Crippen LogP contribution in [-0.2, 0) is 0 Å². The van der Waals surface area contributed by atoms with Crippen LogP contribution in [0.25, 0.3) is 0 Å². The zero-order chi connectivity index (χ0) is 8.02. The third kappa shape index (κ3) is 0.953. The number of hydrogen-bond acceptors (Lipinski definition) is 1. The van der Waals surface area contributed by atoms with Crippen LogP contribution in [-0.4, -0.2) is 12.6 Å². The lowest BCUT2D eigenvalue weighted by atomic mass is 9.71. The highest BCUT2D eigenvalue weighted by atomic mass is 15.0. The molecule has 1 saturated heterocycles. The Morgan fingerprint density at radius 1 is 1.00 bits per heavy atom. The van der Waals surface area contributed by atoms with Gasteiger partial charge in [-0.1, -0.05) is 6.42 Å². The molecule has 2 atom stereocenters. The van der Waals surface area contributed by atoms with Gasteiger partial charge in [-0.2, -0.15) is 0 Å². The predicted molar refractivity (Wildman–Crippen MR) is 50.0 cm³/mol. The van der Waals surface area contributed by atoms with Gasteiger partial charge in [0.2, 0.25) is 0 Å². The Bertz CT molecular complexity index is 181. The minimum absolute atomic E-state index is 0.809. The van der Waals surface area contributed by atoms with Gasteiger partial charge in [-0.05, 0) is 56.4 Å². The Balaban J connectivity index is 1.80. The topological polar surface area (TPSA) is 12.0 Å². The Kier molecular flexibility index (Phi) is 1.52. The molecule has 2 aliphatic carbocycles. The number of fused-ring (bicyclic) bond motifs is 2. The van der Waals surface area contributed by atoms with Crippen LogP contribution < -0.4 is 5.32 Å². The van der Waals surface area contributed by atoms with Crippen LogP contribution in [0.15, 0.2) is 0 Å². The predicted octanol–water partition coefficient (Wildman–Crippen LogP) is 2.32. The fourth-order valence-electron chi connectivity index (χ4n) is 3.58. The molecule has 1 aliphatic heterocycles. The van der Waals surface area contributed by atoms with Gasteiger partial charge in [0.25, 0.3) is 0 Å². The van der Waals surface area contributed by atoms with Crippen molar-refractivity contribution in [2.45, 2.75) is 51.0 Å². The summed E-state index contributed by atoms with van der Waals surface area (Å²) in [7, 11) is 0. The van der Waals surface area contributed by atoms with E-state index in [2.05, 4.69) is 5.32 Å². The molecule has 2 unspecified atom stereocenters. The molecule has 0 bridgehead atoms. The molecular formula is C11H19N. The summed E-state index contributed by atoms with van der Waals surface area (Å²) in [5, 5.41) is 3.77. The van der Waals surface area contributed by atoms with Gasteiger partial charge < -0.3 is 5.32 Å². The zero-order valence-electron chi connectivity index (χ0n) is 7.81. The quantitative estimate of drug-likeness (QED) is 0.581. The summed E-state index contributed by atoms with van der Waals surface area (Å²) < 4.78 is 0. The van der Waals surface area contributed by atoms with Crippen LogP contribution in [0.2, 0.25) is 0 Å². The first-order valence-electron chi connectivity index (χ1n) is 5.64. The Morgan fingerprint density at radius 3 is 2.67 bits per heavy atom. The molecule has 1 nitrogen and oxygen atoms in total. The molecule has 12 heavy (non-hydrogen) atoms. The van der Waals surface area contributed by atoms with E-state index in [0.29, 0.717) is 0 Å². The molecule has 0 aromatic heterocycles. The van der Waals surface area contributed by atoms with E-state index < -0.39 is 0 Å². The molecule has 68 valence electrons. The molecular weight excluding hydrogens is 146 g/mol. The maximum atomic E-state index is 3.77. The summed E-state index contributed by atoms with van der Waals surface area (Å²) in [5.74, 6) is 1.05. The monoisotopic (exact) mass is 165 g/mol. The first kappa shape index (κ1) is 7.37. The largest absolute Gasteiger partial charge is 0.313 e. The second-order valence-electron chi connectivity index (χ2n) is 5.09. The maximum Gasteiger partial charge on any atom is 0.0152 e. The van der Waals surface area contributed by atoms with E-state index in [-0.39, 0.29) is 0 Å². The van der Waals surface area contributed by atoms with E-state index in [0.717, 1.165) is 17.4 Å². The van der Waals surface area contributed by atoms with E-state index in [4.69, 9.17) is 0 Å². The number of nitrogens with one attached hydrogen (secondary N) is 1. The van der Waals surface area contributed by atoms with Gasteiger partial charge in [0, 0.05) is 6.04 Å². The molecule has 1 heteroatoms. The van der Waals surface area contributed by atoms with Crippen molar-refractivity contribution in [1.82, 2.24) is 5.32 Å². The van der Waals surface area contributed by atoms with Crippen molar-refractivity contribution in [3.63, 3.8) is 0 Å². The number of hydrogen-bond donors (Lipinski definition) is 1. The normalized spacial score (nSPS) is 44.0. The van der Waals surface area contributed by atoms with Gasteiger partial charge in [-0.25, -0.2) is 0 Å². The third-order valence-corrected chi connectivity index (χ3v) is 4.39. The lowest BCUT2D eigenvalue weighted by Gasteiger charge is -2.42. The van der Waals surface area contributed by atoms with Crippen molar-refractivity contribution in [2.75, 3.05) is 6.54 Å². The highest BCUT2D eigenvalue weighted by Gasteiger charge is 2.53. The first-order valence-corrected chi connectivity index (χ1v) is 5.64. The van der Waals surface area contributed by atoms with Crippen LogP contribution in [0.3, 0.4) is 0 Å². The summed E-state index contributed by atoms with van der Waals surface area (Å²) in [4.78, 5) is 0. The van der Waals surface area contributed by atoms with Crippen molar-refractivity contribution in [2.24, 2.45) is 11.3 Å². The van der Waals surface area contributed by atoms with Crippen LogP contribution >= 0.6 is 0 Å². The number of rotatable bonds is 0. The van der Waals surface area contributed by atoms with Gasteiger partial charge in [0.05, 0.1) is 0 Å². The lowest BCUT2D eigenvalue weighted by molar-refractivity contribution is 0.130. The average molecular weight is 165 g/mol. The minimum atomic E-state index is 0.809. The van der Waals surface area contributed by atoms with Crippen molar-refractivity contribution in [1.29, 1.82) is 0 Å². The Morgan fingerprint density at radius 2 is 1.83 bits per heavy atom. The third-order valence-electron chi connectivity index (χ3n) is 4.39. The minimum Gasteiger partial charge on any atom is -0.313 e. The van der Waals surface area contributed by atoms with E-state index in [9.17, 15) is 0 Å². The average Bonchev–Trinajstić information content (AvgIpc) is 2.87. The fraction of sp³-hybridized carbons (Fsp3) is 1.00. The second-order valence-corrected chi connectivity index (χ2v) is 5.09. The van der Waals surface area contributed by atoms with E-state index >= 15 is 0 Å². The molecule has 3 fully saturated rings. The Labute approximate surface area is 74.9 Å². The van der Waals surface area contributed by atoms with E-state index in [1.165, 1.54) is 51.5 Å². The lowest BCUT2D eigenvalue weighted by Crippen LogP contribution is -2.49. The van der Waals surface area contributed by atoms with Crippen molar-refractivity contribution in [3.05, 3.63) is 0 Å². The summed E-state index contributed by atoms with van der Waals surface area (Å²) in [6.07, 6.45) is 10.6. The molecule has 1 spiro atoms. The fourth-order valence-corrected chi connectivity index (χ4v) is 3.58. The van der Waals surface area contributed by atoms with Crippen LogP contribution in [0.1, 0.15) is 44.9 Å². The van der Waals surface area contributed by atoms with Crippen LogP contribution in [0.5, 0.6) is 0 Å². The first-order chi connectivity index (χ1) is 5.91. The number of piperidine rings is 1. The van der Waals surface area contributed by atoms with E-state index in [1.54, 1.807) is 0 Å². The molecule has 3 rings (SSSR count). The van der Waals surface area contributed by atoms with Crippen LogP contribution in [0, 0.1) is 11.3 Å². The van der Waals surface area contributed by atoms with Gasteiger partial charge in [-0.15, -0.1) is 0 Å². The van der Waals surface area contributed by atoms with Gasteiger partial charge >= 0.3 is 0 Å². The van der Waals surface area contributed by atoms with Gasteiger partial charge in [0.1, 0.15) is 0 Å². The summed E-state index contributed by atoms with van der Waals surface area (Å²) >= 11 is 0. The zero-order valence-corrected chi connectivity index (χ0v) is 7.81. The van der Waals surface area contributed by atoms with Crippen molar-refractivity contribution < 1.29 is 0 Å². The summed E-state index contributed by atoms with van der Waals surface area (Å²) in [6, 6.07) is 0.931. The molecule has 0 amide bonds. The van der Waals surface area contributed by atoms with Crippen molar-refractivity contribution in [3.8, 4) is 0 Å². The highest BCUT2D eigenvalue weighted by molar-refractivity contribution is 5.07. The van der Waals surface area contributed by atoms with E-state index in [1.807, 2.05) is 0 Å². The molecule has 3 aliphatic rings. The smallest absolute Gasteiger partial charge is 0.0152 e. The summed E-state index contributed by atoms with van der Waals surface area (Å²) in [5.41, 5.74) is 0.809. The second kappa shape index (κ2) is 2.47.